The van der Waals surface area contributed by atoms with Gasteiger partial charge in [0.05, 0.1) is 12.7 Å². The van der Waals surface area contributed by atoms with Crippen LogP contribution in [0.5, 0.6) is 0 Å². The molecule has 278 valence electrons. The number of aliphatic hydroxyl groups is 1. The van der Waals surface area contributed by atoms with Gasteiger partial charge < -0.3 is 24.4 Å². The molecule has 0 aliphatic rings. The van der Waals surface area contributed by atoms with Crippen LogP contribution < -0.4 is 0 Å². The minimum atomic E-state index is -4.77. The standard InChI is InChI=1S/C38H67O9P/c1-4-6-7-8-12-18-23-28-35(39)29-24-19-14-11-16-20-25-30-37(40)45-32-36(33-46-48(42,43)44)47-38(41)31-26-21-15-10-9-13-17-22-27-34(3)5-2/h11-12,16,18-19,23-24,28,34-36,39H,4-10,13-15,17,20-22,25-27,29-33H2,1-3H3,(H2,42,43,44)/b16-11+,18-12-,24-19-,28-23-/t34?,35-,36-/m1/s1. The number of hydrogen-bond donors (Lipinski definition) is 3. The van der Waals surface area contributed by atoms with E-state index in [1.165, 1.54) is 57.8 Å². The van der Waals surface area contributed by atoms with Gasteiger partial charge in [-0.3, -0.25) is 14.1 Å². The van der Waals surface area contributed by atoms with Gasteiger partial charge in [0.15, 0.2) is 6.10 Å². The molecular formula is C38H67O9P. The first-order valence-corrected chi connectivity index (χ1v) is 20.0. The van der Waals surface area contributed by atoms with Crippen LogP contribution in [-0.2, 0) is 28.2 Å². The van der Waals surface area contributed by atoms with E-state index in [4.69, 9.17) is 19.3 Å². The van der Waals surface area contributed by atoms with E-state index in [1.807, 2.05) is 36.5 Å². The van der Waals surface area contributed by atoms with Gasteiger partial charge in [0, 0.05) is 12.8 Å². The molecule has 0 aliphatic carbocycles. The molecule has 0 spiro atoms. The highest BCUT2D eigenvalue weighted by Crippen LogP contribution is 2.36. The van der Waals surface area contributed by atoms with Gasteiger partial charge in [-0.1, -0.05) is 140 Å². The molecule has 0 aromatic rings. The summed E-state index contributed by atoms with van der Waals surface area (Å²) in [5.41, 5.74) is 0. The lowest BCUT2D eigenvalue weighted by molar-refractivity contribution is -0.161. The highest BCUT2D eigenvalue weighted by atomic mass is 31.2. The Morgan fingerprint density at radius 3 is 2.06 bits per heavy atom. The summed E-state index contributed by atoms with van der Waals surface area (Å²) in [6.07, 6.45) is 33.0. The smallest absolute Gasteiger partial charge is 0.462 e. The Labute approximate surface area is 291 Å². The second-order valence-electron chi connectivity index (χ2n) is 12.6. The van der Waals surface area contributed by atoms with Crippen LogP contribution in [0.3, 0.4) is 0 Å². The fraction of sp³-hybridized carbons (Fsp3) is 0.737. The number of allylic oxidation sites excluding steroid dienone is 6. The van der Waals surface area contributed by atoms with Gasteiger partial charge in [0.2, 0.25) is 0 Å². The minimum Gasteiger partial charge on any atom is -0.462 e. The number of phosphoric acid groups is 1. The quantitative estimate of drug-likeness (QED) is 0.0206. The lowest BCUT2D eigenvalue weighted by Gasteiger charge is -2.18. The first-order chi connectivity index (χ1) is 23.1. The third kappa shape index (κ3) is 33.9. The van der Waals surface area contributed by atoms with E-state index in [9.17, 15) is 19.3 Å². The molecule has 10 heteroatoms. The second kappa shape index (κ2) is 32.2. The van der Waals surface area contributed by atoms with Crippen molar-refractivity contribution in [1.29, 1.82) is 0 Å². The molecule has 0 radical (unpaired) electrons. The number of unbranched alkanes of at least 4 members (excludes halogenated alkanes) is 11. The number of carbonyl (C=O) groups is 2. The summed E-state index contributed by atoms with van der Waals surface area (Å²) in [5, 5.41) is 10.0. The van der Waals surface area contributed by atoms with Crippen molar-refractivity contribution in [3.8, 4) is 0 Å². The predicted molar refractivity (Wildman–Crippen MR) is 194 cm³/mol. The van der Waals surface area contributed by atoms with Crippen molar-refractivity contribution < 1.29 is 43.0 Å². The maximum Gasteiger partial charge on any atom is 0.469 e. The number of ether oxygens (including phenoxy) is 2. The van der Waals surface area contributed by atoms with Crippen molar-refractivity contribution in [1.82, 2.24) is 0 Å². The Morgan fingerprint density at radius 1 is 0.729 bits per heavy atom. The fourth-order valence-corrected chi connectivity index (χ4v) is 5.13. The number of aliphatic hydroxyl groups excluding tert-OH is 1. The zero-order valence-electron chi connectivity index (χ0n) is 30.1. The van der Waals surface area contributed by atoms with Crippen molar-refractivity contribution in [3.63, 3.8) is 0 Å². The Balaban J connectivity index is 4.17. The summed E-state index contributed by atoms with van der Waals surface area (Å²) in [7, 11) is -4.77. The number of phosphoric ester groups is 1. The molecular weight excluding hydrogens is 631 g/mol. The summed E-state index contributed by atoms with van der Waals surface area (Å²) in [6, 6.07) is 0. The monoisotopic (exact) mass is 698 g/mol. The van der Waals surface area contributed by atoms with Gasteiger partial charge >= 0.3 is 19.8 Å². The summed E-state index contributed by atoms with van der Waals surface area (Å²) in [5.74, 6) is -0.186. The van der Waals surface area contributed by atoms with Crippen LogP contribution in [0.4, 0.5) is 0 Å². The number of carbonyl (C=O) groups excluding carboxylic acids is 2. The van der Waals surface area contributed by atoms with Gasteiger partial charge in [-0.25, -0.2) is 4.57 Å². The second-order valence-corrected chi connectivity index (χ2v) is 13.9. The molecule has 48 heavy (non-hydrogen) atoms. The third-order valence-electron chi connectivity index (χ3n) is 7.97. The molecule has 0 bridgehead atoms. The summed E-state index contributed by atoms with van der Waals surface area (Å²) in [6.45, 7) is 5.82. The van der Waals surface area contributed by atoms with Gasteiger partial charge in [-0.15, -0.1) is 0 Å². The van der Waals surface area contributed by atoms with Crippen LogP contribution in [0.25, 0.3) is 0 Å². The van der Waals surface area contributed by atoms with Crippen molar-refractivity contribution >= 4 is 19.8 Å². The largest absolute Gasteiger partial charge is 0.469 e. The highest BCUT2D eigenvalue weighted by molar-refractivity contribution is 7.46. The predicted octanol–water partition coefficient (Wildman–Crippen LogP) is 9.61. The molecule has 3 atom stereocenters. The van der Waals surface area contributed by atoms with Crippen LogP contribution in [0, 0.1) is 5.92 Å². The van der Waals surface area contributed by atoms with Gasteiger partial charge in [0.25, 0.3) is 0 Å². The topological polar surface area (TPSA) is 140 Å². The average molecular weight is 699 g/mol. The molecule has 0 saturated heterocycles. The summed E-state index contributed by atoms with van der Waals surface area (Å²) < 4.78 is 26.2. The molecule has 0 amide bonds. The Bertz CT molecular complexity index is 954. The zero-order chi connectivity index (χ0) is 35.7. The molecule has 3 N–H and O–H groups in total. The van der Waals surface area contributed by atoms with Crippen molar-refractivity contribution in [2.24, 2.45) is 5.92 Å². The molecule has 9 nitrogen and oxygen atoms in total. The fourth-order valence-electron chi connectivity index (χ4n) is 4.77. The van der Waals surface area contributed by atoms with Crippen molar-refractivity contribution in [3.05, 3.63) is 48.6 Å². The Kier molecular flexibility index (Phi) is 30.8. The molecule has 0 aliphatic heterocycles. The SMILES string of the molecule is CCCCC/C=C\C=C/[C@@H](O)C/C=C\C/C=C/CCCC(=O)OC[C@H](COP(=O)(O)O)OC(=O)CCCCCCCCCCC(C)CC. The lowest BCUT2D eigenvalue weighted by Crippen LogP contribution is -2.29. The van der Waals surface area contributed by atoms with E-state index >= 15 is 0 Å². The molecule has 0 rings (SSSR count). The maximum absolute atomic E-state index is 12.3. The van der Waals surface area contributed by atoms with Gasteiger partial charge in [0.1, 0.15) is 6.61 Å². The molecule has 0 aromatic heterocycles. The van der Waals surface area contributed by atoms with E-state index in [2.05, 4.69) is 31.4 Å². The minimum absolute atomic E-state index is 0.156. The summed E-state index contributed by atoms with van der Waals surface area (Å²) in [4.78, 5) is 42.6. The maximum atomic E-state index is 12.3. The van der Waals surface area contributed by atoms with Crippen molar-refractivity contribution in [2.45, 2.75) is 161 Å². The normalized spacial score (nSPS) is 14.4. The van der Waals surface area contributed by atoms with Crippen molar-refractivity contribution in [2.75, 3.05) is 13.2 Å². The average Bonchev–Trinajstić information content (AvgIpc) is 3.05. The number of hydrogen-bond acceptors (Lipinski definition) is 7. The molecule has 0 heterocycles. The van der Waals surface area contributed by atoms with E-state index in [-0.39, 0.29) is 19.4 Å². The van der Waals surface area contributed by atoms with Crippen LogP contribution in [0.2, 0.25) is 0 Å². The first-order valence-electron chi connectivity index (χ1n) is 18.4. The van der Waals surface area contributed by atoms with E-state index in [0.29, 0.717) is 25.7 Å². The summed E-state index contributed by atoms with van der Waals surface area (Å²) >= 11 is 0. The highest BCUT2D eigenvalue weighted by Gasteiger charge is 2.22. The van der Waals surface area contributed by atoms with Crippen LogP contribution in [0.15, 0.2) is 48.6 Å². The van der Waals surface area contributed by atoms with Gasteiger partial charge in [-0.05, 0) is 50.9 Å². The van der Waals surface area contributed by atoms with Crippen LogP contribution in [0.1, 0.15) is 149 Å². The molecule has 0 aromatic carbocycles. The van der Waals surface area contributed by atoms with E-state index in [1.54, 1.807) is 6.08 Å². The third-order valence-corrected chi connectivity index (χ3v) is 8.46. The van der Waals surface area contributed by atoms with E-state index < -0.39 is 38.6 Å². The Morgan fingerprint density at radius 2 is 1.38 bits per heavy atom. The van der Waals surface area contributed by atoms with E-state index in [0.717, 1.165) is 38.0 Å². The number of esters is 2. The van der Waals surface area contributed by atoms with Gasteiger partial charge in [-0.2, -0.15) is 0 Å². The Hall–Kier alpha value is -2.03. The molecule has 0 fully saturated rings. The molecule has 1 unspecified atom stereocenters. The van der Waals surface area contributed by atoms with Crippen LogP contribution in [-0.4, -0.2) is 52.3 Å². The number of rotatable bonds is 32. The molecule has 0 saturated carbocycles. The zero-order valence-corrected chi connectivity index (χ0v) is 31.0. The van der Waals surface area contributed by atoms with Crippen LogP contribution >= 0.6 is 7.82 Å². The lowest BCUT2D eigenvalue weighted by atomic mass is 9.99. The first kappa shape index (κ1) is 46.0.